The highest BCUT2D eigenvalue weighted by Gasteiger charge is 2.31. The van der Waals surface area contributed by atoms with Gasteiger partial charge in [-0.15, -0.1) is 0 Å². The molecule has 20 heavy (non-hydrogen) atoms. The lowest BCUT2D eigenvalue weighted by atomic mass is 9.93. The molecule has 0 aromatic heterocycles. The van der Waals surface area contributed by atoms with Crippen LogP contribution in [0.2, 0.25) is 0 Å². The van der Waals surface area contributed by atoms with E-state index in [0.29, 0.717) is 6.04 Å². The van der Waals surface area contributed by atoms with Gasteiger partial charge in [-0.3, -0.25) is 4.90 Å². The number of piperidine rings is 1. The maximum absolute atomic E-state index is 5.69. The highest BCUT2D eigenvalue weighted by molar-refractivity contribution is 5.29. The summed E-state index contributed by atoms with van der Waals surface area (Å²) in [5.74, 6) is 0. The quantitative estimate of drug-likeness (QED) is 0.895. The number of ether oxygens (including phenoxy) is 1. The SMILES string of the molecule is CNC(CN1CCCC(C)(OC)C1)c1ccccc1C. The van der Waals surface area contributed by atoms with E-state index in [1.165, 1.54) is 24.1 Å². The highest BCUT2D eigenvalue weighted by atomic mass is 16.5. The third kappa shape index (κ3) is 3.60. The topological polar surface area (TPSA) is 24.5 Å². The number of likely N-dealkylation sites (tertiary alicyclic amines) is 1. The molecule has 0 bridgehead atoms. The first kappa shape index (κ1) is 15.5. The van der Waals surface area contributed by atoms with Gasteiger partial charge in [0.05, 0.1) is 5.60 Å². The number of likely N-dealkylation sites (N-methyl/N-ethyl adjacent to an activating group) is 1. The Morgan fingerprint density at radius 3 is 2.80 bits per heavy atom. The number of methoxy groups -OCH3 is 1. The molecule has 0 saturated carbocycles. The van der Waals surface area contributed by atoms with Crippen molar-refractivity contribution in [2.45, 2.75) is 38.3 Å². The van der Waals surface area contributed by atoms with E-state index >= 15 is 0 Å². The largest absolute Gasteiger partial charge is 0.377 e. The van der Waals surface area contributed by atoms with Gasteiger partial charge in [-0.2, -0.15) is 0 Å². The molecule has 1 aliphatic heterocycles. The summed E-state index contributed by atoms with van der Waals surface area (Å²) >= 11 is 0. The van der Waals surface area contributed by atoms with Crippen LogP contribution >= 0.6 is 0 Å². The predicted octanol–water partition coefficient (Wildman–Crippen LogP) is 2.76. The van der Waals surface area contributed by atoms with E-state index < -0.39 is 0 Å². The van der Waals surface area contributed by atoms with Gasteiger partial charge >= 0.3 is 0 Å². The molecular weight excluding hydrogens is 248 g/mol. The van der Waals surface area contributed by atoms with Crippen LogP contribution in [-0.2, 0) is 4.74 Å². The van der Waals surface area contributed by atoms with Crippen molar-refractivity contribution in [1.29, 1.82) is 0 Å². The van der Waals surface area contributed by atoms with Crippen LogP contribution in [0, 0.1) is 6.92 Å². The second kappa shape index (κ2) is 6.70. The van der Waals surface area contributed by atoms with Crippen molar-refractivity contribution in [1.82, 2.24) is 10.2 Å². The van der Waals surface area contributed by atoms with Crippen LogP contribution in [0.4, 0.5) is 0 Å². The number of nitrogens with one attached hydrogen (secondary N) is 1. The molecule has 2 rings (SSSR count). The van der Waals surface area contributed by atoms with Gasteiger partial charge in [0.15, 0.2) is 0 Å². The molecule has 0 spiro atoms. The molecule has 1 fully saturated rings. The van der Waals surface area contributed by atoms with Crippen molar-refractivity contribution < 1.29 is 4.74 Å². The molecule has 2 unspecified atom stereocenters. The first-order valence-electron chi connectivity index (χ1n) is 7.58. The number of nitrogens with zero attached hydrogens (tertiary/aromatic N) is 1. The molecule has 0 amide bonds. The summed E-state index contributed by atoms with van der Waals surface area (Å²) in [7, 11) is 3.89. The first-order valence-corrected chi connectivity index (χ1v) is 7.58. The Labute approximate surface area is 123 Å². The summed E-state index contributed by atoms with van der Waals surface area (Å²) in [4.78, 5) is 2.53. The monoisotopic (exact) mass is 276 g/mol. The second-order valence-corrected chi connectivity index (χ2v) is 6.19. The number of aryl methyl sites for hydroxylation is 1. The van der Waals surface area contributed by atoms with Gasteiger partial charge in [-0.1, -0.05) is 24.3 Å². The van der Waals surface area contributed by atoms with E-state index in [4.69, 9.17) is 4.74 Å². The summed E-state index contributed by atoms with van der Waals surface area (Å²) in [6, 6.07) is 9.04. The standard InChI is InChI=1S/C17H28N2O/c1-14-8-5-6-9-15(14)16(18-3)12-19-11-7-10-17(2,13-19)20-4/h5-6,8-9,16,18H,7,10-13H2,1-4H3. The van der Waals surface area contributed by atoms with Crippen LogP contribution in [0.5, 0.6) is 0 Å². The van der Waals surface area contributed by atoms with E-state index in [1.807, 2.05) is 7.11 Å². The van der Waals surface area contributed by atoms with Crippen LogP contribution in [-0.4, -0.2) is 44.3 Å². The lowest BCUT2D eigenvalue weighted by molar-refractivity contribution is -0.0522. The number of benzene rings is 1. The van der Waals surface area contributed by atoms with E-state index in [1.54, 1.807) is 0 Å². The van der Waals surface area contributed by atoms with Gasteiger partial charge in [0, 0.05) is 26.2 Å². The maximum atomic E-state index is 5.69. The van der Waals surface area contributed by atoms with E-state index in [0.717, 1.165) is 19.5 Å². The summed E-state index contributed by atoms with van der Waals surface area (Å²) in [5.41, 5.74) is 2.78. The molecule has 0 aliphatic carbocycles. The van der Waals surface area contributed by atoms with Crippen molar-refractivity contribution in [3.63, 3.8) is 0 Å². The molecule has 1 N–H and O–H groups in total. The van der Waals surface area contributed by atoms with Gasteiger partial charge in [-0.25, -0.2) is 0 Å². The lowest BCUT2D eigenvalue weighted by Crippen LogP contribution is -2.49. The molecule has 3 heteroatoms. The van der Waals surface area contributed by atoms with E-state index in [-0.39, 0.29) is 5.60 Å². The molecule has 0 radical (unpaired) electrons. The van der Waals surface area contributed by atoms with Gasteiger partial charge in [0.2, 0.25) is 0 Å². The fourth-order valence-corrected chi connectivity index (χ4v) is 3.21. The van der Waals surface area contributed by atoms with Gasteiger partial charge in [0.1, 0.15) is 0 Å². The van der Waals surface area contributed by atoms with Crippen molar-refractivity contribution in [3.8, 4) is 0 Å². The maximum Gasteiger partial charge on any atom is 0.0777 e. The first-order chi connectivity index (χ1) is 9.58. The van der Waals surface area contributed by atoms with Crippen LogP contribution in [0.15, 0.2) is 24.3 Å². The molecule has 3 nitrogen and oxygen atoms in total. The predicted molar refractivity (Wildman–Crippen MR) is 84.1 cm³/mol. The van der Waals surface area contributed by atoms with Crippen molar-refractivity contribution in [3.05, 3.63) is 35.4 Å². The Hall–Kier alpha value is -0.900. The average molecular weight is 276 g/mol. The van der Waals surface area contributed by atoms with Crippen LogP contribution in [0.1, 0.15) is 36.9 Å². The summed E-state index contributed by atoms with van der Waals surface area (Å²) < 4.78 is 5.69. The number of hydrogen-bond acceptors (Lipinski definition) is 3. The Morgan fingerprint density at radius 1 is 1.40 bits per heavy atom. The van der Waals surface area contributed by atoms with Gasteiger partial charge in [0.25, 0.3) is 0 Å². The Kier molecular flexibility index (Phi) is 5.19. The van der Waals surface area contributed by atoms with Crippen molar-refractivity contribution >= 4 is 0 Å². The van der Waals surface area contributed by atoms with E-state index in [9.17, 15) is 0 Å². The molecule has 1 aromatic carbocycles. The Balaban J connectivity index is 2.05. The molecule has 2 atom stereocenters. The molecule has 112 valence electrons. The van der Waals surface area contributed by atoms with E-state index in [2.05, 4.69) is 55.4 Å². The van der Waals surface area contributed by atoms with Gasteiger partial charge in [-0.05, 0) is 51.4 Å². The third-order valence-corrected chi connectivity index (χ3v) is 4.58. The van der Waals surface area contributed by atoms with Crippen molar-refractivity contribution in [2.75, 3.05) is 33.8 Å². The minimum absolute atomic E-state index is 0.0161. The van der Waals surface area contributed by atoms with Gasteiger partial charge < -0.3 is 10.1 Å². The number of rotatable bonds is 5. The molecule has 1 aromatic rings. The zero-order valence-electron chi connectivity index (χ0n) is 13.3. The highest BCUT2D eigenvalue weighted by Crippen LogP contribution is 2.26. The molecule has 1 heterocycles. The fraction of sp³-hybridized carbons (Fsp3) is 0.647. The minimum Gasteiger partial charge on any atom is -0.377 e. The molecule has 1 saturated heterocycles. The van der Waals surface area contributed by atoms with Crippen LogP contribution in [0.25, 0.3) is 0 Å². The normalized spacial score (nSPS) is 25.6. The Bertz CT molecular complexity index is 435. The fourth-order valence-electron chi connectivity index (χ4n) is 3.21. The summed E-state index contributed by atoms with van der Waals surface area (Å²) in [6.45, 7) is 7.65. The zero-order chi connectivity index (χ0) is 14.6. The average Bonchev–Trinajstić information content (AvgIpc) is 2.46. The number of hydrogen-bond donors (Lipinski definition) is 1. The summed E-state index contributed by atoms with van der Waals surface area (Å²) in [5, 5.41) is 3.47. The molecule has 1 aliphatic rings. The minimum atomic E-state index is 0.0161. The summed E-state index contributed by atoms with van der Waals surface area (Å²) in [6.07, 6.45) is 2.38. The smallest absolute Gasteiger partial charge is 0.0777 e. The third-order valence-electron chi connectivity index (χ3n) is 4.58. The van der Waals surface area contributed by atoms with Crippen molar-refractivity contribution in [2.24, 2.45) is 0 Å². The lowest BCUT2D eigenvalue weighted by Gasteiger charge is -2.41. The Morgan fingerprint density at radius 2 is 2.15 bits per heavy atom. The molecular formula is C17H28N2O. The van der Waals surface area contributed by atoms with Crippen LogP contribution < -0.4 is 5.32 Å². The second-order valence-electron chi connectivity index (χ2n) is 6.19. The zero-order valence-corrected chi connectivity index (χ0v) is 13.3. The van der Waals surface area contributed by atoms with Crippen LogP contribution in [0.3, 0.4) is 0 Å².